The van der Waals surface area contributed by atoms with Gasteiger partial charge in [-0.3, -0.25) is 9.36 Å². The number of hydrogen-bond donors (Lipinski definition) is 0. The molecular weight excluding hydrogens is 464 g/mol. The summed E-state index contributed by atoms with van der Waals surface area (Å²) in [6.45, 7) is 1.98. The van der Waals surface area contributed by atoms with Crippen LogP contribution in [0.5, 0.6) is 11.5 Å². The maximum atomic E-state index is 13.7. The van der Waals surface area contributed by atoms with Crippen molar-refractivity contribution in [2.75, 3.05) is 14.2 Å². The fourth-order valence-electron chi connectivity index (χ4n) is 3.79. The molecule has 9 nitrogen and oxygen atoms in total. The molecule has 5 aromatic rings. The van der Waals surface area contributed by atoms with Gasteiger partial charge in [0.2, 0.25) is 0 Å². The van der Waals surface area contributed by atoms with E-state index in [1.165, 1.54) is 11.8 Å². The largest absolute Gasteiger partial charge is 0.493 e. The van der Waals surface area contributed by atoms with Gasteiger partial charge in [-0.05, 0) is 53.7 Å². The molecule has 0 aliphatic heterocycles. The van der Waals surface area contributed by atoms with Crippen molar-refractivity contribution in [1.29, 1.82) is 0 Å². The predicted octanol–water partition coefficient (Wildman–Crippen LogP) is 4.23. The summed E-state index contributed by atoms with van der Waals surface area (Å²) in [5.41, 5.74) is 1.90. The Balaban J connectivity index is 1.63. The van der Waals surface area contributed by atoms with Gasteiger partial charge in [0.1, 0.15) is 0 Å². The zero-order chi connectivity index (χ0) is 24.4. The van der Waals surface area contributed by atoms with Crippen LogP contribution in [0.4, 0.5) is 0 Å². The van der Waals surface area contributed by atoms with Gasteiger partial charge in [0.15, 0.2) is 22.5 Å². The van der Waals surface area contributed by atoms with Gasteiger partial charge in [0.25, 0.3) is 5.56 Å². The van der Waals surface area contributed by atoms with Crippen molar-refractivity contribution in [3.05, 3.63) is 89.0 Å². The minimum absolute atomic E-state index is 0.180. The standard InChI is InChI=1S/C25H22N6O3S/c1-16(23-27-28-29-31(23)17-9-5-4-6-10-17)35-25-26-20-12-8-7-11-19(20)24(32)30(25)18-13-14-21(33-2)22(15-18)34-3/h4-16H,1-3H3. The Hall–Kier alpha value is -4.18. The highest BCUT2D eigenvalue weighted by atomic mass is 32.2. The lowest BCUT2D eigenvalue weighted by atomic mass is 10.2. The van der Waals surface area contributed by atoms with Gasteiger partial charge in [-0.2, -0.15) is 4.68 Å². The zero-order valence-electron chi connectivity index (χ0n) is 19.3. The third-order valence-electron chi connectivity index (χ3n) is 5.51. The fraction of sp³-hybridized carbons (Fsp3) is 0.160. The molecule has 1 atom stereocenters. The first-order chi connectivity index (χ1) is 17.1. The fourth-order valence-corrected chi connectivity index (χ4v) is 4.81. The monoisotopic (exact) mass is 486 g/mol. The first-order valence-electron chi connectivity index (χ1n) is 10.8. The summed E-state index contributed by atoms with van der Waals surface area (Å²) in [7, 11) is 3.13. The van der Waals surface area contributed by atoms with E-state index in [4.69, 9.17) is 14.5 Å². The number of ether oxygens (including phenoxy) is 2. The molecule has 0 fully saturated rings. The third-order valence-corrected chi connectivity index (χ3v) is 6.56. The number of benzene rings is 3. The van der Waals surface area contributed by atoms with Crippen LogP contribution in [0.2, 0.25) is 0 Å². The Morgan fingerprint density at radius 3 is 2.40 bits per heavy atom. The van der Waals surface area contributed by atoms with Crippen LogP contribution in [-0.2, 0) is 0 Å². The number of hydrogen-bond acceptors (Lipinski definition) is 8. The van der Waals surface area contributed by atoms with Crippen LogP contribution < -0.4 is 15.0 Å². The molecule has 2 heterocycles. The maximum Gasteiger partial charge on any atom is 0.266 e. The summed E-state index contributed by atoms with van der Waals surface area (Å²) in [6, 6.07) is 22.3. The average Bonchev–Trinajstić information content (AvgIpc) is 3.39. The molecule has 0 saturated carbocycles. The SMILES string of the molecule is COc1ccc(-n2c(SC(C)c3nnnn3-c3ccccc3)nc3ccccc3c2=O)cc1OC. The van der Waals surface area contributed by atoms with Gasteiger partial charge in [-0.15, -0.1) is 5.10 Å². The number of rotatable bonds is 7. The van der Waals surface area contributed by atoms with Gasteiger partial charge in [-0.1, -0.05) is 42.1 Å². The quantitative estimate of drug-likeness (QED) is 0.249. The minimum atomic E-state index is -0.218. The topological polar surface area (TPSA) is 97.0 Å². The molecule has 0 amide bonds. The van der Waals surface area contributed by atoms with E-state index < -0.39 is 0 Å². The number of methoxy groups -OCH3 is 2. The van der Waals surface area contributed by atoms with Crippen molar-refractivity contribution in [2.24, 2.45) is 0 Å². The van der Waals surface area contributed by atoms with Crippen LogP contribution >= 0.6 is 11.8 Å². The van der Waals surface area contributed by atoms with Gasteiger partial charge >= 0.3 is 0 Å². The second-order valence-corrected chi connectivity index (χ2v) is 8.94. The highest BCUT2D eigenvalue weighted by Gasteiger charge is 2.22. The van der Waals surface area contributed by atoms with E-state index in [1.54, 1.807) is 41.7 Å². The van der Waals surface area contributed by atoms with E-state index in [2.05, 4.69) is 15.5 Å². The Morgan fingerprint density at radius 2 is 1.63 bits per heavy atom. The van der Waals surface area contributed by atoms with E-state index in [0.29, 0.717) is 39.1 Å². The summed E-state index contributed by atoms with van der Waals surface area (Å²) in [5.74, 6) is 1.73. The van der Waals surface area contributed by atoms with E-state index in [1.807, 2.05) is 61.5 Å². The predicted molar refractivity (Wildman–Crippen MR) is 134 cm³/mol. The van der Waals surface area contributed by atoms with Gasteiger partial charge < -0.3 is 9.47 Å². The Bertz CT molecular complexity index is 1550. The van der Waals surface area contributed by atoms with Crippen molar-refractivity contribution >= 4 is 22.7 Å². The second kappa shape index (κ2) is 9.59. The van der Waals surface area contributed by atoms with E-state index >= 15 is 0 Å². The molecule has 2 aromatic heterocycles. The van der Waals surface area contributed by atoms with Gasteiger partial charge in [-0.25, -0.2) is 4.98 Å². The van der Waals surface area contributed by atoms with Crippen LogP contribution in [0, 0.1) is 0 Å². The van der Waals surface area contributed by atoms with E-state index in [-0.39, 0.29) is 10.8 Å². The van der Waals surface area contributed by atoms with Crippen LogP contribution in [0.3, 0.4) is 0 Å². The van der Waals surface area contributed by atoms with Crippen LogP contribution in [0.1, 0.15) is 18.0 Å². The minimum Gasteiger partial charge on any atom is -0.493 e. The summed E-state index contributed by atoms with van der Waals surface area (Å²) in [6.07, 6.45) is 0. The van der Waals surface area contributed by atoms with Crippen molar-refractivity contribution in [1.82, 2.24) is 29.8 Å². The smallest absolute Gasteiger partial charge is 0.266 e. The van der Waals surface area contributed by atoms with Gasteiger partial charge in [0.05, 0.1) is 41.7 Å². The lowest BCUT2D eigenvalue weighted by Crippen LogP contribution is -2.22. The molecule has 0 aliphatic carbocycles. The number of aromatic nitrogens is 6. The molecule has 10 heteroatoms. The average molecular weight is 487 g/mol. The number of thioether (sulfide) groups is 1. The lowest BCUT2D eigenvalue weighted by Gasteiger charge is -2.17. The molecule has 35 heavy (non-hydrogen) atoms. The van der Waals surface area contributed by atoms with Crippen LogP contribution in [-0.4, -0.2) is 44.0 Å². The number of nitrogens with zero attached hydrogens (tertiary/aromatic N) is 6. The molecule has 0 bridgehead atoms. The number of para-hydroxylation sites is 2. The third kappa shape index (κ3) is 4.24. The molecule has 3 aromatic carbocycles. The Kier molecular flexibility index (Phi) is 6.19. The summed E-state index contributed by atoms with van der Waals surface area (Å²) in [5, 5.41) is 13.1. The van der Waals surface area contributed by atoms with Crippen LogP contribution in [0.25, 0.3) is 22.3 Å². The normalized spacial score (nSPS) is 12.0. The number of fused-ring (bicyclic) bond motifs is 1. The highest BCUT2D eigenvalue weighted by molar-refractivity contribution is 7.99. The van der Waals surface area contributed by atoms with Gasteiger partial charge in [0, 0.05) is 6.07 Å². The van der Waals surface area contributed by atoms with Crippen molar-refractivity contribution < 1.29 is 9.47 Å². The molecular formula is C25H22N6O3S. The van der Waals surface area contributed by atoms with E-state index in [0.717, 1.165) is 5.69 Å². The van der Waals surface area contributed by atoms with Crippen molar-refractivity contribution in [3.8, 4) is 22.9 Å². The number of tetrazole rings is 1. The summed E-state index contributed by atoms with van der Waals surface area (Å²) in [4.78, 5) is 18.5. The van der Waals surface area contributed by atoms with Crippen molar-refractivity contribution in [3.63, 3.8) is 0 Å². The first kappa shape index (κ1) is 22.6. The molecule has 0 spiro atoms. The molecule has 176 valence electrons. The zero-order valence-corrected chi connectivity index (χ0v) is 20.1. The molecule has 1 unspecified atom stereocenters. The summed E-state index contributed by atoms with van der Waals surface area (Å²) >= 11 is 1.40. The molecule has 5 rings (SSSR count). The molecule has 0 saturated heterocycles. The Morgan fingerprint density at radius 1 is 0.886 bits per heavy atom. The van der Waals surface area contributed by atoms with E-state index in [9.17, 15) is 4.79 Å². The molecule has 0 radical (unpaired) electrons. The first-order valence-corrected chi connectivity index (χ1v) is 11.7. The molecule has 0 N–H and O–H groups in total. The summed E-state index contributed by atoms with van der Waals surface area (Å²) < 4.78 is 14.1. The Labute approximate surface area is 205 Å². The van der Waals surface area contributed by atoms with Crippen LogP contribution in [0.15, 0.2) is 82.7 Å². The second-order valence-electron chi connectivity index (χ2n) is 7.64. The highest BCUT2D eigenvalue weighted by Crippen LogP contribution is 2.36. The molecule has 0 aliphatic rings. The maximum absolute atomic E-state index is 13.7. The van der Waals surface area contributed by atoms with Crippen molar-refractivity contribution in [2.45, 2.75) is 17.3 Å². The lowest BCUT2D eigenvalue weighted by molar-refractivity contribution is 0.354.